The molecule has 1 fully saturated rings. The van der Waals surface area contributed by atoms with E-state index in [1.54, 1.807) is 12.1 Å². The predicted molar refractivity (Wildman–Crippen MR) is 116 cm³/mol. The Morgan fingerprint density at radius 2 is 1.35 bits per heavy atom. The molecule has 0 aliphatic carbocycles. The Balaban J connectivity index is 2.15. The van der Waals surface area contributed by atoms with Gasteiger partial charge in [0.15, 0.2) is 11.5 Å². The van der Waals surface area contributed by atoms with Gasteiger partial charge in [-0.05, 0) is 44.0 Å². The number of benzene rings is 2. The van der Waals surface area contributed by atoms with Gasteiger partial charge in [-0.2, -0.15) is 0 Å². The van der Waals surface area contributed by atoms with Crippen LogP contribution in [0, 0.1) is 20.8 Å². The van der Waals surface area contributed by atoms with E-state index in [1.165, 1.54) is 27.4 Å². The Kier molecular flexibility index (Phi) is 6.01. The third-order valence-corrected chi connectivity index (χ3v) is 5.00. The lowest BCUT2D eigenvalue weighted by Gasteiger charge is -2.29. The van der Waals surface area contributed by atoms with Gasteiger partial charge < -0.3 is 14.2 Å². The van der Waals surface area contributed by atoms with Gasteiger partial charge in [0, 0.05) is 11.6 Å². The molecule has 1 heterocycles. The van der Waals surface area contributed by atoms with Crippen molar-refractivity contribution in [1.82, 2.24) is 5.32 Å². The van der Waals surface area contributed by atoms with Crippen molar-refractivity contribution in [2.24, 2.45) is 0 Å². The number of anilines is 1. The number of amides is 4. The molecule has 0 spiro atoms. The van der Waals surface area contributed by atoms with Crippen LogP contribution in [0.1, 0.15) is 22.3 Å². The molecule has 31 heavy (non-hydrogen) atoms. The van der Waals surface area contributed by atoms with Crippen molar-refractivity contribution in [1.29, 1.82) is 0 Å². The lowest BCUT2D eigenvalue weighted by molar-refractivity contribution is -0.122. The van der Waals surface area contributed by atoms with E-state index in [0.717, 1.165) is 21.6 Å². The number of urea groups is 1. The van der Waals surface area contributed by atoms with E-state index < -0.39 is 17.8 Å². The number of carbonyl (C=O) groups excluding carboxylic acids is 3. The van der Waals surface area contributed by atoms with E-state index in [4.69, 9.17) is 14.2 Å². The molecular formula is C23H24N2O6. The summed E-state index contributed by atoms with van der Waals surface area (Å²) in [5.41, 5.74) is 3.17. The smallest absolute Gasteiger partial charge is 0.335 e. The van der Waals surface area contributed by atoms with Gasteiger partial charge in [-0.3, -0.25) is 14.9 Å². The standard InChI is InChI=1S/C23H24N2O6/c1-12-7-13(2)20(14(3)8-12)25-22(27)16(21(26)24-23(25)28)9-15-10-18(30-5)19(31-6)11-17(15)29-4/h7-11H,1-6H3,(H,24,26,28). The molecule has 2 aromatic carbocycles. The number of rotatable bonds is 5. The second kappa shape index (κ2) is 8.51. The molecule has 8 heteroatoms. The summed E-state index contributed by atoms with van der Waals surface area (Å²) in [5, 5.41) is 2.25. The van der Waals surface area contributed by atoms with Gasteiger partial charge in [0.1, 0.15) is 11.3 Å². The number of nitrogens with one attached hydrogen (secondary N) is 1. The second-order valence-corrected chi connectivity index (χ2v) is 7.15. The molecule has 1 saturated heterocycles. The van der Waals surface area contributed by atoms with Crippen LogP contribution in [-0.2, 0) is 9.59 Å². The third kappa shape index (κ3) is 3.96. The van der Waals surface area contributed by atoms with Crippen molar-refractivity contribution in [2.45, 2.75) is 20.8 Å². The molecule has 0 saturated carbocycles. The molecule has 1 N–H and O–H groups in total. The predicted octanol–water partition coefficient (Wildman–Crippen LogP) is 3.30. The molecule has 162 valence electrons. The van der Waals surface area contributed by atoms with Crippen molar-refractivity contribution >= 4 is 29.6 Å². The number of imide groups is 2. The monoisotopic (exact) mass is 424 g/mol. The first-order valence-electron chi connectivity index (χ1n) is 9.51. The SMILES string of the molecule is COc1cc(OC)c(OC)cc1C=C1C(=O)NC(=O)N(c2c(C)cc(C)cc2C)C1=O. The Morgan fingerprint density at radius 3 is 1.90 bits per heavy atom. The minimum Gasteiger partial charge on any atom is -0.496 e. The molecule has 1 aliphatic heterocycles. The number of methoxy groups -OCH3 is 3. The fourth-order valence-electron chi connectivity index (χ4n) is 3.71. The van der Waals surface area contributed by atoms with Crippen LogP contribution in [0.3, 0.4) is 0 Å². The summed E-state index contributed by atoms with van der Waals surface area (Å²) in [6.07, 6.45) is 1.37. The van der Waals surface area contributed by atoms with Crippen LogP contribution < -0.4 is 24.4 Å². The Hall–Kier alpha value is -3.81. The number of barbiturate groups is 1. The highest BCUT2D eigenvalue weighted by molar-refractivity contribution is 6.39. The van der Waals surface area contributed by atoms with E-state index in [1.807, 2.05) is 32.9 Å². The summed E-state index contributed by atoms with van der Waals surface area (Å²) in [7, 11) is 4.42. The third-order valence-electron chi connectivity index (χ3n) is 5.00. The molecule has 1 aliphatic rings. The highest BCUT2D eigenvalue weighted by Gasteiger charge is 2.38. The van der Waals surface area contributed by atoms with Gasteiger partial charge in [-0.25, -0.2) is 9.69 Å². The number of ether oxygens (including phenoxy) is 3. The first kappa shape index (κ1) is 21.9. The molecule has 2 aromatic rings. The van der Waals surface area contributed by atoms with Crippen molar-refractivity contribution in [3.63, 3.8) is 0 Å². The maximum absolute atomic E-state index is 13.3. The Bertz CT molecular complexity index is 1100. The summed E-state index contributed by atoms with van der Waals surface area (Å²) in [4.78, 5) is 39.4. The number of hydrogen-bond donors (Lipinski definition) is 1. The average molecular weight is 424 g/mol. The van der Waals surface area contributed by atoms with Gasteiger partial charge >= 0.3 is 6.03 Å². The molecule has 3 rings (SSSR count). The summed E-state index contributed by atoms with van der Waals surface area (Å²) in [5.74, 6) is -0.302. The van der Waals surface area contributed by atoms with Crippen molar-refractivity contribution < 1.29 is 28.6 Å². The summed E-state index contributed by atoms with van der Waals surface area (Å²) in [6, 6.07) is 6.14. The maximum Gasteiger partial charge on any atom is 0.335 e. The topological polar surface area (TPSA) is 94.2 Å². The molecule has 4 amide bonds. The van der Waals surface area contributed by atoms with E-state index in [9.17, 15) is 14.4 Å². The van der Waals surface area contributed by atoms with Crippen LogP contribution in [-0.4, -0.2) is 39.2 Å². The van der Waals surface area contributed by atoms with Crippen LogP contribution in [0.2, 0.25) is 0 Å². The van der Waals surface area contributed by atoms with Crippen molar-refractivity contribution in [2.75, 3.05) is 26.2 Å². The largest absolute Gasteiger partial charge is 0.496 e. The van der Waals surface area contributed by atoms with E-state index in [2.05, 4.69) is 5.32 Å². The lowest BCUT2D eigenvalue weighted by Crippen LogP contribution is -2.54. The second-order valence-electron chi connectivity index (χ2n) is 7.15. The molecule has 0 radical (unpaired) electrons. The molecule has 0 aromatic heterocycles. The van der Waals surface area contributed by atoms with E-state index in [-0.39, 0.29) is 5.57 Å². The van der Waals surface area contributed by atoms with Crippen LogP contribution >= 0.6 is 0 Å². The highest BCUT2D eigenvalue weighted by atomic mass is 16.5. The molecule has 8 nitrogen and oxygen atoms in total. The Morgan fingerprint density at radius 1 is 0.806 bits per heavy atom. The minimum absolute atomic E-state index is 0.204. The number of aryl methyl sites for hydroxylation is 3. The summed E-state index contributed by atoms with van der Waals surface area (Å²) >= 11 is 0. The average Bonchev–Trinajstić information content (AvgIpc) is 2.72. The quantitative estimate of drug-likeness (QED) is 0.585. The maximum atomic E-state index is 13.3. The van der Waals surface area contributed by atoms with Crippen molar-refractivity contribution in [3.05, 3.63) is 52.1 Å². The van der Waals surface area contributed by atoms with E-state index in [0.29, 0.717) is 28.5 Å². The van der Waals surface area contributed by atoms with Crippen LogP contribution in [0.5, 0.6) is 17.2 Å². The molecule has 0 bridgehead atoms. The van der Waals surface area contributed by atoms with Gasteiger partial charge in [-0.15, -0.1) is 0 Å². The normalized spacial score (nSPS) is 15.2. The molecule has 0 unspecified atom stereocenters. The first-order chi connectivity index (χ1) is 14.7. The number of carbonyl (C=O) groups is 3. The Labute approximate surface area is 180 Å². The number of hydrogen-bond acceptors (Lipinski definition) is 6. The van der Waals surface area contributed by atoms with Gasteiger partial charge in [0.05, 0.1) is 27.0 Å². The fourth-order valence-corrected chi connectivity index (χ4v) is 3.71. The van der Waals surface area contributed by atoms with Gasteiger partial charge in [0.2, 0.25) is 0 Å². The lowest BCUT2D eigenvalue weighted by atomic mass is 10.0. The summed E-state index contributed by atoms with van der Waals surface area (Å²) in [6.45, 7) is 5.56. The zero-order valence-corrected chi connectivity index (χ0v) is 18.3. The number of nitrogens with zero attached hydrogens (tertiary/aromatic N) is 1. The molecular weight excluding hydrogens is 400 g/mol. The van der Waals surface area contributed by atoms with Gasteiger partial charge in [-0.1, -0.05) is 17.7 Å². The van der Waals surface area contributed by atoms with Crippen LogP contribution in [0.15, 0.2) is 29.8 Å². The van der Waals surface area contributed by atoms with Crippen LogP contribution in [0.25, 0.3) is 6.08 Å². The van der Waals surface area contributed by atoms with E-state index >= 15 is 0 Å². The fraction of sp³-hybridized carbons (Fsp3) is 0.261. The van der Waals surface area contributed by atoms with Crippen molar-refractivity contribution in [3.8, 4) is 17.2 Å². The highest BCUT2D eigenvalue weighted by Crippen LogP contribution is 2.36. The first-order valence-corrected chi connectivity index (χ1v) is 9.51. The van der Waals surface area contributed by atoms with Gasteiger partial charge in [0.25, 0.3) is 11.8 Å². The zero-order chi connectivity index (χ0) is 22.9. The zero-order valence-electron chi connectivity index (χ0n) is 18.3. The summed E-state index contributed by atoms with van der Waals surface area (Å²) < 4.78 is 16.0. The minimum atomic E-state index is -0.790. The van der Waals surface area contributed by atoms with Crippen LogP contribution in [0.4, 0.5) is 10.5 Å². The molecule has 0 atom stereocenters.